The normalized spacial score (nSPS) is 16.5. The van der Waals surface area contributed by atoms with Gasteiger partial charge in [-0.05, 0) is 36.6 Å². The molecule has 0 saturated heterocycles. The molecule has 1 atom stereocenters. The van der Waals surface area contributed by atoms with Crippen LogP contribution in [0.1, 0.15) is 18.4 Å². The van der Waals surface area contributed by atoms with Crippen molar-refractivity contribution in [2.24, 2.45) is 5.92 Å². The van der Waals surface area contributed by atoms with Crippen LogP contribution in [-0.2, 0) is 16.0 Å². The summed E-state index contributed by atoms with van der Waals surface area (Å²) in [5, 5.41) is 11.3. The number of carboxylic acid groups (broad SMARTS) is 1. The van der Waals surface area contributed by atoms with Crippen molar-refractivity contribution in [3.8, 4) is 11.5 Å². The Labute approximate surface area is 123 Å². The van der Waals surface area contributed by atoms with Crippen molar-refractivity contribution in [2.75, 3.05) is 20.3 Å². The number of aliphatic carboxylic acids is 1. The summed E-state index contributed by atoms with van der Waals surface area (Å²) in [6.07, 6.45) is 1.08. The van der Waals surface area contributed by atoms with Gasteiger partial charge in [-0.1, -0.05) is 0 Å². The summed E-state index contributed by atoms with van der Waals surface area (Å²) >= 11 is 0. The van der Waals surface area contributed by atoms with E-state index in [9.17, 15) is 9.59 Å². The van der Waals surface area contributed by atoms with Crippen LogP contribution in [0.5, 0.6) is 11.5 Å². The molecule has 1 unspecified atom stereocenters. The van der Waals surface area contributed by atoms with Crippen LogP contribution >= 0.6 is 0 Å². The fraction of sp³-hybridized carbons (Fsp3) is 0.467. The Morgan fingerprint density at radius 1 is 1.48 bits per heavy atom. The molecule has 0 saturated carbocycles. The molecule has 0 aliphatic carbocycles. The predicted molar refractivity (Wildman–Crippen MR) is 75.6 cm³/mol. The van der Waals surface area contributed by atoms with Gasteiger partial charge in [-0.2, -0.15) is 0 Å². The van der Waals surface area contributed by atoms with Crippen molar-refractivity contribution in [1.82, 2.24) is 5.32 Å². The molecule has 1 aromatic carbocycles. The van der Waals surface area contributed by atoms with E-state index < -0.39 is 5.97 Å². The van der Waals surface area contributed by atoms with E-state index in [1.807, 2.05) is 18.2 Å². The highest BCUT2D eigenvalue weighted by Gasteiger charge is 2.26. The second-order valence-corrected chi connectivity index (χ2v) is 4.97. The Morgan fingerprint density at radius 2 is 2.29 bits per heavy atom. The molecule has 114 valence electrons. The van der Waals surface area contributed by atoms with Gasteiger partial charge in [-0.25, -0.2) is 0 Å². The maximum Gasteiger partial charge on any atom is 0.303 e. The van der Waals surface area contributed by atoms with Crippen molar-refractivity contribution >= 4 is 11.9 Å². The molecule has 1 heterocycles. The minimum absolute atomic E-state index is 0.0570. The zero-order valence-corrected chi connectivity index (χ0v) is 11.9. The van der Waals surface area contributed by atoms with Gasteiger partial charge < -0.3 is 19.9 Å². The highest BCUT2D eigenvalue weighted by molar-refractivity contribution is 5.79. The molecule has 2 N–H and O–H groups in total. The fourth-order valence-corrected chi connectivity index (χ4v) is 2.26. The van der Waals surface area contributed by atoms with E-state index >= 15 is 0 Å². The van der Waals surface area contributed by atoms with Crippen LogP contribution in [0.2, 0.25) is 0 Å². The molecule has 0 bridgehead atoms. The van der Waals surface area contributed by atoms with Gasteiger partial charge in [0.2, 0.25) is 5.91 Å². The van der Waals surface area contributed by atoms with Crippen LogP contribution in [-0.4, -0.2) is 37.2 Å². The minimum atomic E-state index is -0.855. The standard InChI is InChI=1S/C15H19NO5/c1-20-12-4-5-13-10(8-12)7-11(9-21-13)15(19)16-6-2-3-14(17)18/h4-5,8,11H,2-3,6-7,9H2,1H3,(H,16,19)(H,17,18). The van der Waals surface area contributed by atoms with Crippen LogP contribution in [0, 0.1) is 5.92 Å². The number of benzene rings is 1. The molecule has 1 aliphatic heterocycles. The van der Waals surface area contributed by atoms with Crippen LogP contribution in [0.3, 0.4) is 0 Å². The van der Waals surface area contributed by atoms with E-state index in [2.05, 4.69) is 5.32 Å². The average Bonchev–Trinajstić information content (AvgIpc) is 2.50. The molecule has 6 heteroatoms. The largest absolute Gasteiger partial charge is 0.497 e. The van der Waals surface area contributed by atoms with Gasteiger partial charge in [0.05, 0.1) is 13.0 Å². The molecule has 2 rings (SSSR count). The molecule has 1 aromatic rings. The van der Waals surface area contributed by atoms with Crippen LogP contribution < -0.4 is 14.8 Å². The summed E-state index contributed by atoms with van der Waals surface area (Å²) in [7, 11) is 1.60. The molecule has 0 aromatic heterocycles. The Bertz CT molecular complexity index is 529. The number of nitrogens with one attached hydrogen (secondary N) is 1. The van der Waals surface area contributed by atoms with E-state index in [4.69, 9.17) is 14.6 Å². The highest BCUT2D eigenvalue weighted by atomic mass is 16.5. The quantitative estimate of drug-likeness (QED) is 0.771. The monoisotopic (exact) mass is 293 g/mol. The third-order valence-corrected chi connectivity index (χ3v) is 3.41. The first-order chi connectivity index (χ1) is 10.1. The molecular formula is C15H19NO5. The summed E-state index contributed by atoms with van der Waals surface area (Å²) in [5.74, 6) is 0.306. The summed E-state index contributed by atoms with van der Waals surface area (Å²) in [5.41, 5.74) is 0.950. The summed E-state index contributed by atoms with van der Waals surface area (Å²) < 4.78 is 10.8. The molecule has 21 heavy (non-hydrogen) atoms. The smallest absolute Gasteiger partial charge is 0.303 e. The lowest BCUT2D eigenvalue weighted by molar-refractivity contribution is -0.137. The number of hydrogen-bond donors (Lipinski definition) is 2. The Morgan fingerprint density at radius 3 is 3.00 bits per heavy atom. The minimum Gasteiger partial charge on any atom is -0.497 e. The van der Waals surface area contributed by atoms with Gasteiger partial charge >= 0.3 is 5.97 Å². The number of rotatable bonds is 6. The molecule has 1 amide bonds. The van der Waals surface area contributed by atoms with Crippen molar-refractivity contribution in [3.63, 3.8) is 0 Å². The van der Waals surface area contributed by atoms with Gasteiger partial charge in [-0.15, -0.1) is 0 Å². The van der Waals surface area contributed by atoms with Gasteiger partial charge in [-0.3, -0.25) is 9.59 Å². The number of amides is 1. The first-order valence-electron chi connectivity index (χ1n) is 6.89. The van der Waals surface area contributed by atoms with Crippen molar-refractivity contribution < 1.29 is 24.2 Å². The zero-order valence-electron chi connectivity index (χ0n) is 11.9. The van der Waals surface area contributed by atoms with Crippen LogP contribution in [0.25, 0.3) is 0 Å². The number of ether oxygens (including phenoxy) is 2. The van der Waals surface area contributed by atoms with Crippen molar-refractivity contribution in [3.05, 3.63) is 23.8 Å². The second-order valence-electron chi connectivity index (χ2n) is 4.97. The lowest BCUT2D eigenvalue weighted by Gasteiger charge is -2.25. The SMILES string of the molecule is COc1ccc2c(c1)CC(C(=O)NCCCC(=O)O)CO2. The molecule has 0 spiro atoms. The highest BCUT2D eigenvalue weighted by Crippen LogP contribution is 2.30. The van der Waals surface area contributed by atoms with Gasteiger partial charge in [0.25, 0.3) is 0 Å². The number of hydrogen-bond acceptors (Lipinski definition) is 4. The maximum atomic E-state index is 12.0. The van der Waals surface area contributed by atoms with Crippen LogP contribution in [0.15, 0.2) is 18.2 Å². The van der Waals surface area contributed by atoms with Gasteiger partial charge in [0.1, 0.15) is 18.1 Å². The Kier molecular flexibility index (Phi) is 5.03. The summed E-state index contributed by atoms with van der Waals surface area (Å²) in [6, 6.07) is 5.54. The Hall–Kier alpha value is -2.24. The number of carbonyl (C=O) groups is 2. The van der Waals surface area contributed by atoms with Crippen LogP contribution in [0.4, 0.5) is 0 Å². The fourth-order valence-electron chi connectivity index (χ4n) is 2.26. The second kappa shape index (κ2) is 6.97. The topological polar surface area (TPSA) is 84.9 Å². The first-order valence-corrected chi connectivity index (χ1v) is 6.89. The first kappa shape index (κ1) is 15.2. The van der Waals surface area contributed by atoms with Gasteiger partial charge in [0, 0.05) is 13.0 Å². The predicted octanol–water partition coefficient (Wildman–Crippen LogP) is 1.23. The zero-order chi connectivity index (χ0) is 15.2. The lowest BCUT2D eigenvalue weighted by Crippen LogP contribution is -2.37. The number of methoxy groups -OCH3 is 1. The van der Waals surface area contributed by atoms with Gasteiger partial charge in [0.15, 0.2) is 0 Å². The number of fused-ring (bicyclic) bond motifs is 1. The third-order valence-electron chi connectivity index (χ3n) is 3.41. The summed E-state index contributed by atoms with van der Waals surface area (Å²) in [6.45, 7) is 0.705. The van der Waals surface area contributed by atoms with E-state index in [-0.39, 0.29) is 18.2 Å². The van der Waals surface area contributed by atoms with E-state index in [0.717, 1.165) is 17.1 Å². The number of carboxylic acids is 1. The van der Waals surface area contributed by atoms with E-state index in [1.54, 1.807) is 7.11 Å². The molecular weight excluding hydrogens is 274 g/mol. The Balaban J connectivity index is 1.88. The third kappa shape index (κ3) is 4.11. The van der Waals surface area contributed by atoms with Crippen molar-refractivity contribution in [2.45, 2.75) is 19.3 Å². The molecule has 0 radical (unpaired) electrons. The van der Waals surface area contributed by atoms with E-state index in [1.165, 1.54) is 0 Å². The molecule has 6 nitrogen and oxygen atoms in total. The molecule has 0 fully saturated rings. The van der Waals surface area contributed by atoms with E-state index in [0.29, 0.717) is 26.0 Å². The summed E-state index contributed by atoms with van der Waals surface area (Å²) in [4.78, 5) is 22.4. The maximum absolute atomic E-state index is 12.0. The average molecular weight is 293 g/mol. The number of carbonyl (C=O) groups excluding carboxylic acids is 1. The molecule has 1 aliphatic rings. The van der Waals surface area contributed by atoms with Crippen molar-refractivity contribution in [1.29, 1.82) is 0 Å². The lowest BCUT2D eigenvalue weighted by atomic mass is 9.96.